The summed E-state index contributed by atoms with van der Waals surface area (Å²) in [7, 11) is 0. The number of anilines is 2. The summed E-state index contributed by atoms with van der Waals surface area (Å²) in [4.78, 5) is 13.3. The molecule has 0 saturated carbocycles. The molecular formula is C11H18N5O3+. The van der Waals surface area contributed by atoms with Crippen molar-refractivity contribution in [3.05, 3.63) is 0 Å². The number of amides is 1. The molecule has 19 heavy (non-hydrogen) atoms. The number of nitrogens with one attached hydrogen (secondary N) is 2. The van der Waals surface area contributed by atoms with E-state index in [2.05, 4.69) is 20.3 Å². The van der Waals surface area contributed by atoms with Gasteiger partial charge in [-0.15, -0.1) is 0 Å². The van der Waals surface area contributed by atoms with Crippen LogP contribution in [0.3, 0.4) is 0 Å². The van der Waals surface area contributed by atoms with Gasteiger partial charge in [0, 0.05) is 18.8 Å². The van der Waals surface area contributed by atoms with Crippen LogP contribution in [0.15, 0.2) is 4.63 Å². The smallest absolute Gasteiger partial charge is 0.251 e. The van der Waals surface area contributed by atoms with Gasteiger partial charge in [-0.3, -0.25) is 4.79 Å². The summed E-state index contributed by atoms with van der Waals surface area (Å²) in [6, 6.07) is 0. The molecule has 4 heterocycles. The molecule has 4 rings (SSSR count). The highest BCUT2D eigenvalue weighted by Gasteiger charge is 2.38. The summed E-state index contributed by atoms with van der Waals surface area (Å²) >= 11 is 0. The second-order valence-electron chi connectivity index (χ2n) is 5.19. The summed E-state index contributed by atoms with van der Waals surface area (Å²) in [6.07, 6.45) is 2.58. The molecule has 3 fully saturated rings. The minimum atomic E-state index is -0.283. The summed E-state index contributed by atoms with van der Waals surface area (Å²) in [5.41, 5.74) is 5.45. The van der Waals surface area contributed by atoms with Crippen LogP contribution in [0.25, 0.3) is 0 Å². The van der Waals surface area contributed by atoms with E-state index in [1.165, 1.54) is 25.9 Å². The standard InChI is InChI=1S/C11H17N5O3/c12-10-11(15-19-14-10)13-9(17)6-18-8-5-16-3-1-7(8)2-4-16/h7-8H,1-6H2,(H2,12,14)(H,13,15,17)/p+1/t8-/m0/s1. The number of nitrogen functional groups attached to an aromatic ring is 1. The molecule has 1 atom stereocenters. The quantitative estimate of drug-likeness (QED) is 0.600. The number of carbonyl (C=O) groups excluding carboxylic acids is 1. The van der Waals surface area contributed by atoms with Crippen LogP contribution in [0.5, 0.6) is 0 Å². The molecule has 8 heteroatoms. The number of fused-ring (bicyclic) bond motifs is 3. The third kappa shape index (κ3) is 2.69. The highest BCUT2D eigenvalue weighted by Crippen LogP contribution is 2.20. The van der Waals surface area contributed by atoms with Crippen LogP contribution in [0, 0.1) is 5.92 Å². The maximum Gasteiger partial charge on any atom is 0.251 e. The Morgan fingerprint density at radius 1 is 1.47 bits per heavy atom. The number of nitrogens with two attached hydrogens (primary N) is 1. The van der Waals surface area contributed by atoms with Gasteiger partial charge in [0.25, 0.3) is 5.91 Å². The Hall–Kier alpha value is -1.67. The number of quaternary nitrogens is 1. The van der Waals surface area contributed by atoms with Crippen molar-refractivity contribution in [3.8, 4) is 0 Å². The number of hydrogen-bond donors (Lipinski definition) is 3. The maximum absolute atomic E-state index is 11.7. The summed E-state index contributed by atoms with van der Waals surface area (Å²) < 4.78 is 10.1. The van der Waals surface area contributed by atoms with Crippen molar-refractivity contribution in [2.45, 2.75) is 18.9 Å². The highest BCUT2D eigenvalue weighted by molar-refractivity contribution is 5.92. The molecule has 3 aliphatic rings. The number of rotatable bonds is 4. The molecule has 0 aliphatic carbocycles. The van der Waals surface area contributed by atoms with E-state index >= 15 is 0 Å². The minimum Gasteiger partial charge on any atom is -0.378 e. The number of hydrogen-bond acceptors (Lipinski definition) is 6. The average molecular weight is 268 g/mol. The topological polar surface area (TPSA) is 108 Å². The fourth-order valence-electron chi connectivity index (χ4n) is 2.90. The van der Waals surface area contributed by atoms with E-state index < -0.39 is 0 Å². The Labute approximate surface area is 110 Å². The Kier molecular flexibility index (Phi) is 3.34. The van der Waals surface area contributed by atoms with E-state index in [9.17, 15) is 4.79 Å². The monoisotopic (exact) mass is 268 g/mol. The van der Waals surface area contributed by atoms with Gasteiger partial charge in [-0.25, -0.2) is 4.63 Å². The van der Waals surface area contributed by atoms with Crippen LogP contribution in [0.4, 0.5) is 11.6 Å². The predicted molar refractivity (Wildman–Crippen MR) is 65.4 cm³/mol. The molecule has 3 saturated heterocycles. The van der Waals surface area contributed by atoms with Gasteiger partial charge in [-0.2, -0.15) is 0 Å². The first-order valence-electron chi connectivity index (χ1n) is 6.55. The number of ether oxygens (including phenoxy) is 1. The minimum absolute atomic E-state index is 0.0146. The molecule has 3 aliphatic heterocycles. The van der Waals surface area contributed by atoms with Crippen LogP contribution < -0.4 is 16.0 Å². The number of nitrogens with zero attached hydrogens (tertiary/aromatic N) is 2. The molecule has 2 bridgehead atoms. The van der Waals surface area contributed by atoms with E-state index in [-0.39, 0.29) is 30.3 Å². The zero-order valence-corrected chi connectivity index (χ0v) is 10.6. The van der Waals surface area contributed by atoms with Gasteiger partial charge < -0.3 is 20.7 Å². The Morgan fingerprint density at radius 2 is 2.26 bits per heavy atom. The van der Waals surface area contributed by atoms with Gasteiger partial charge in [0.1, 0.15) is 19.3 Å². The third-order valence-electron chi connectivity index (χ3n) is 3.95. The van der Waals surface area contributed by atoms with E-state index in [0.717, 1.165) is 6.54 Å². The van der Waals surface area contributed by atoms with Gasteiger partial charge in [-0.1, -0.05) is 0 Å². The zero-order chi connectivity index (χ0) is 13.2. The van der Waals surface area contributed by atoms with E-state index in [1.807, 2.05) is 0 Å². The average Bonchev–Trinajstić information content (AvgIpc) is 2.83. The van der Waals surface area contributed by atoms with Crippen molar-refractivity contribution in [3.63, 3.8) is 0 Å². The normalized spacial score (nSPS) is 29.4. The van der Waals surface area contributed by atoms with Crippen LogP contribution >= 0.6 is 0 Å². The van der Waals surface area contributed by atoms with Crippen molar-refractivity contribution in [1.29, 1.82) is 0 Å². The van der Waals surface area contributed by atoms with Crippen LogP contribution in [0.2, 0.25) is 0 Å². The SMILES string of the molecule is Nc1nonc1NC(=O)CO[C@H]1C[NH+]2CCC1CC2. The van der Waals surface area contributed by atoms with E-state index in [1.54, 1.807) is 4.90 Å². The lowest BCUT2D eigenvalue weighted by Gasteiger charge is -2.41. The summed E-state index contributed by atoms with van der Waals surface area (Å²) in [6.45, 7) is 3.49. The van der Waals surface area contributed by atoms with Gasteiger partial charge >= 0.3 is 0 Å². The molecule has 1 aromatic heterocycles. The molecule has 0 spiro atoms. The molecule has 1 amide bonds. The van der Waals surface area contributed by atoms with E-state index in [0.29, 0.717) is 5.92 Å². The first kappa shape index (κ1) is 12.4. The second kappa shape index (κ2) is 5.14. The molecule has 8 nitrogen and oxygen atoms in total. The van der Waals surface area contributed by atoms with Gasteiger partial charge in [0.05, 0.1) is 13.1 Å². The number of piperidine rings is 3. The van der Waals surface area contributed by atoms with Crippen molar-refractivity contribution in [2.75, 3.05) is 37.3 Å². The summed E-state index contributed by atoms with van der Waals surface area (Å²) in [5.74, 6) is 0.534. The van der Waals surface area contributed by atoms with Gasteiger partial charge in [0.2, 0.25) is 11.6 Å². The molecule has 1 aromatic rings. The fraction of sp³-hybridized carbons (Fsp3) is 0.727. The van der Waals surface area contributed by atoms with Crippen LogP contribution in [-0.4, -0.2) is 48.6 Å². The largest absolute Gasteiger partial charge is 0.378 e. The molecule has 4 N–H and O–H groups in total. The lowest BCUT2D eigenvalue weighted by atomic mass is 9.86. The Bertz CT molecular complexity index is 455. The lowest BCUT2D eigenvalue weighted by Crippen LogP contribution is -3.16. The van der Waals surface area contributed by atoms with Gasteiger partial charge in [-0.05, 0) is 10.3 Å². The second-order valence-corrected chi connectivity index (χ2v) is 5.19. The number of carbonyl (C=O) groups is 1. The summed E-state index contributed by atoms with van der Waals surface area (Å²) in [5, 5.41) is 9.38. The first-order valence-corrected chi connectivity index (χ1v) is 6.55. The highest BCUT2D eigenvalue weighted by atomic mass is 16.6. The Morgan fingerprint density at radius 3 is 2.84 bits per heavy atom. The number of aromatic nitrogens is 2. The molecular weight excluding hydrogens is 250 g/mol. The first-order chi connectivity index (χ1) is 9.22. The maximum atomic E-state index is 11.7. The molecule has 104 valence electrons. The van der Waals surface area contributed by atoms with Crippen LogP contribution in [0.1, 0.15) is 12.8 Å². The Balaban J connectivity index is 1.47. The molecule has 0 radical (unpaired) electrons. The van der Waals surface area contributed by atoms with Gasteiger partial charge in [0.15, 0.2) is 0 Å². The zero-order valence-electron chi connectivity index (χ0n) is 10.6. The third-order valence-corrected chi connectivity index (χ3v) is 3.95. The van der Waals surface area contributed by atoms with E-state index in [4.69, 9.17) is 10.5 Å². The van der Waals surface area contributed by atoms with Crippen molar-refractivity contribution >= 4 is 17.5 Å². The predicted octanol–water partition coefficient (Wildman–Crippen LogP) is -1.72. The van der Waals surface area contributed by atoms with Crippen molar-refractivity contribution < 1.29 is 19.1 Å². The lowest BCUT2D eigenvalue weighted by molar-refractivity contribution is -0.920. The molecule has 0 aromatic carbocycles. The van der Waals surface area contributed by atoms with Crippen LogP contribution in [-0.2, 0) is 9.53 Å². The molecule has 0 unspecified atom stereocenters. The van der Waals surface area contributed by atoms with Crippen molar-refractivity contribution in [2.24, 2.45) is 5.92 Å². The fourth-order valence-corrected chi connectivity index (χ4v) is 2.90. The van der Waals surface area contributed by atoms with Crippen molar-refractivity contribution in [1.82, 2.24) is 10.3 Å².